The molecule has 0 heterocycles. The maximum Gasteiger partial charge on any atom is 0.233 e. The Morgan fingerprint density at radius 2 is 1.75 bits per heavy atom. The number of rotatable bonds is 6. The van der Waals surface area contributed by atoms with Gasteiger partial charge in [0.1, 0.15) is 0 Å². The molecule has 0 bridgehead atoms. The lowest BCUT2D eigenvalue weighted by molar-refractivity contribution is -0.121. The van der Waals surface area contributed by atoms with Crippen molar-refractivity contribution < 1.29 is 4.79 Å². The fraction of sp³-hybridized carbons (Fsp3) is 0.889. The van der Waals surface area contributed by atoms with Gasteiger partial charge in [-0.25, -0.2) is 0 Å². The summed E-state index contributed by atoms with van der Waals surface area (Å²) >= 11 is 0. The summed E-state index contributed by atoms with van der Waals surface area (Å²) in [5.74, 6) is 0.108. The zero-order valence-corrected chi connectivity index (χ0v) is 8.39. The summed E-state index contributed by atoms with van der Waals surface area (Å²) in [4.78, 5) is 13.2. The maximum absolute atomic E-state index is 11.0. The van der Waals surface area contributed by atoms with Crippen LogP contribution in [-0.4, -0.2) is 37.5 Å². The molecule has 0 aromatic carbocycles. The minimum Gasteiger partial charge on any atom is -0.358 e. The fourth-order valence-electron chi connectivity index (χ4n) is 1.18. The topological polar surface area (TPSA) is 32.3 Å². The van der Waals surface area contributed by atoms with Crippen LogP contribution in [-0.2, 0) is 4.79 Å². The van der Waals surface area contributed by atoms with Gasteiger partial charge in [-0.2, -0.15) is 0 Å². The lowest BCUT2D eigenvalue weighted by Gasteiger charge is -2.19. The summed E-state index contributed by atoms with van der Waals surface area (Å²) in [6, 6.07) is 0. The first-order chi connectivity index (χ1) is 5.74. The van der Waals surface area contributed by atoms with E-state index in [0.29, 0.717) is 6.54 Å². The van der Waals surface area contributed by atoms with Crippen LogP contribution in [0.4, 0.5) is 0 Å². The van der Waals surface area contributed by atoms with E-state index in [-0.39, 0.29) is 5.91 Å². The van der Waals surface area contributed by atoms with E-state index < -0.39 is 0 Å². The molecule has 3 nitrogen and oxygen atoms in total. The Kier molecular flexibility index (Phi) is 6.76. The predicted molar refractivity (Wildman–Crippen MR) is 51.1 cm³/mol. The highest BCUT2D eigenvalue weighted by Crippen LogP contribution is 1.92. The van der Waals surface area contributed by atoms with Crippen molar-refractivity contribution in [1.29, 1.82) is 0 Å². The molecule has 0 saturated carbocycles. The molecule has 0 aliphatic carbocycles. The van der Waals surface area contributed by atoms with Gasteiger partial charge in [0.2, 0.25) is 5.91 Å². The van der Waals surface area contributed by atoms with Crippen LogP contribution in [0, 0.1) is 0 Å². The highest BCUT2D eigenvalue weighted by Gasteiger charge is 2.06. The molecule has 0 aliphatic heterocycles. The predicted octanol–water partition coefficient (Wildman–Crippen LogP) is 0.854. The lowest BCUT2D eigenvalue weighted by atomic mass is 10.3. The molecule has 0 aromatic rings. The van der Waals surface area contributed by atoms with Crippen molar-refractivity contribution in [2.45, 2.75) is 26.7 Å². The molecule has 12 heavy (non-hydrogen) atoms. The van der Waals surface area contributed by atoms with Crippen molar-refractivity contribution in [3.8, 4) is 0 Å². The van der Waals surface area contributed by atoms with Crippen molar-refractivity contribution in [1.82, 2.24) is 10.2 Å². The second-order valence-corrected chi connectivity index (χ2v) is 2.95. The van der Waals surface area contributed by atoms with Crippen LogP contribution in [0.2, 0.25) is 0 Å². The van der Waals surface area contributed by atoms with Crippen LogP contribution in [0.15, 0.2) is 0 Å². The van der Waals surface area contributed by atoms with Crippen molar-refractivity contribution in [3.05, 3.63) is 0 Å². The molecule has 3 heteroatoms. The lowest BCUT2D eigenvalue weighted by Crippen LogP contribution is -2.36. The summed E-state index contributed by atoms with van der Waals surface area (Å²) in [5.41, 5.74) is 0. The number of carbonyl (C=O) groups excluding carboxylic acids is 1. The molecule has 0 spiro atoms. The molecule has 0 unspecified atom stereocenters. The Balaban J connectivity index is 3.68. The normalized spacial score (nSPS) is 10.3. The van der Waals surface area contributed by atoms with Crippen LogP contribution >= 0.6 is 0 Å². The van der Waals surface area contributed by atoms with Crippen molar-refractivity contribution in [3.63, 3.8) is 0 Å². The van der Waals surface area contributed by atoms with Crippen LogP contribution in [0.5, 0.6) is 0 Å². The fourth-order valence-corrected chi connectivity index (χ4v) is 1.18. The quantitative estimate of drug-likeness (QED) is 0.644. The molecule has 0 fully saturated rings. The first-order valence-corrected chi connectivity index (χ1v) is 4.67. The molecule has 0 aromatic heterocycles. The van der Waals surface area contributed by atoms with Gasteiger partial charge in [-0.3, -0.25) is 9.69 Å². The average molecular weight is 172 g/mol. The van der Waals surface area contributed by atoms with E-state index in [0.717, 1.165) is 25.9 Å². The minimum absolute atomic E-state index is 0.108. The summed E-state index contributed by atoms with van der Waals surface area (Å²) < 4.78 is 0. The van der Waals surface area contributed by atoms with Crippen molar-refractivity contribution >= 4 is 5.91 Å². The summed E-state index contributed by atoms with van der Waals surface area (Å²) in [6.45, 7) is 6.83. The zero-order valence-electron chi connectivity index (χ0n) is 8.39. The van der Waals surface area contributed by atoms with E-state index in [1.165, 1.54) is 0 Å². The minimum atomic E-state index is 0.108. The van der Waals surface area contributed by atoms with E-state index in [9.17, 15) is 4.79 Å². The van der Waals surface area contributed by atoms with E-state index in [1.54, 1.807) is 7.05 Å². The first kappa shape index (κ1) is 11.4. The maximum atomic E-state index is 11.0. The Hall–Kier alpha value is -0.570. The summed E-state index contributed by atoms with van der Waals surface area (Å²) in [7, 11) is 1.68. The molecule has 0 saturated heterocycles. The van der Waals surface area contributed by atoms with Crippen molar-refractivity contribution in [2.75, 3.05) is 26.7 Å². The Labute approximate surface area is 75.1 Å². The first-order valence-electron chi connectivity index (χ1n) is 4.67. The highest BCUT2D eigenvalue weighted by atomic mass is 16.1. The van der Waals surface area contributed by atoms with Gasteiger partial charge in [0.15, 0.2) is 0 Å². The van der Waals surface area contributed by atoms with Crippen LogP contribution < -0.4 is 5.32 Å². The molecule has 0 rings (SSSR count). The van der Waals surface area contributed by atoms with E-state index in [1.807, 2.05) is 0 Å². The van der Waals surface area contributed by atoms with Gasteiger partial charge in [0.05, 0.1) is 6.54 Å². The number of carbonyl (C=O) groups is 1. The smallest absolute Gasteiger partial charge is 0.233 e. The van der Waals surface area contributed by atoms with Gasteiger partial charge < -0.3 is 5.32 Å². The molecule has 0 radical (unpaired) electrons. The second-order valence-electron chi connectivity index (χ2n) is 2.95. The largest absolute Gasteiger partial charge is 0.358 e. The Bertz CT molecular complexity index is 120. The molecular weight excluding hydrogens is 152 g/mol. The Morgan fingerprint density at radius 3 is 2.08 bits per heavy atom. The van der Waals surface area contributed by atoms with Gasteiger partial charge in [0.25, 0.3) is 0 Å². The van der Waals surface area contributed by atoms with Gasteiger partial charge in [0, 0.05) is 7.05 Å². The number of nitrogens with one attached hydrogen (secondary N) is 1. The molecule has 1 amide bonds. The molecular formula is C9H20N2O. The number of hydrogen-bond donors (Lipinski definition) is 1. The number of hydrogen-bond acceptors (Lipinski definition) is 2. The third-order valence-corrected chi connectivity index (χ3v) is 1.73. The third kappa shape index (κ3) is 5.13. The number of nitrogens with zero attached hydrogens (tertiary/aromatic N) is 1. The van der Waals surface area contributed by atoms with E-state index >= 15 is 0 Å². The van der Waals surface area contributed by atoms with E-state index in [2.05, 4.69) is 24.1 Å². The standard InChI is InChI=1S/C9H20N2O/c1-4-6-11(7-5-2)8-9(12)10-3/h4-8H2,1-3H3,(H,10,12). The van der Waals surface area contributed by atoms with Crippen LogP contribution in [0.25, 0.3) is 0 Å². The number of likely N-dealkylation sites (N-methyl/N-ethyl adjacent to an activating group) is 1. The Morgan fingerprint density at radius 1 is 1.25 bits per heavy atom. The van der Waals surface area contributed by atoms with E-state index in [4.69, 9.17) is 0 Å². The number of amides is 1. The average Bonchev–Trinajstić information content (AvgIpc) is 2.05. The van der Waals surface area contributed by atoms with Crippen LogP contribution in [0.1, 0.15) is 26.7 Å². The SMILES string of the molecule is CCCN(CCC)CC(=O)NC. The molecule has 1 N–H and O–H groups in total. The monoisotopic (exact) mass is 172 g/mol. The molecule has 0 atom stereocenters. The van der Waals surface area contributed by atoms with Gasteiger partial charge >= 0.3 is 0 Å². The zero-order chi connectivity index (χ0) is 9.40. The third-order valence-electron chi connectivity index (χ3n) is 1.73. The summed E-state index contributed by atoms with van der Waals surface area (Å²) in [6.07, 6.45) is 2.22. The highest BCUT2D eigenvalue weighted by molar-refractivity contribution is 5.77. The van der Waals surface area contributed by atoms with Gasteiger partial charge in [-0.1, -0.05) is 13.8 Å². The molecule has 72 valence electrons. The summed E-state index contributed by atoms with van der Waals surface area (Å²) in [5, 5.41) is 2.63. The van der Waals surface area contributed by atoms with Gasteiger partial charge in [-0.05, 0) is 25.9 Å². The van der Waals surface area contributed by atoms with Crippen LogP contribution in [0.3, 0.4) is 0 Å². The molecule has 0 aliphatic rings. The van der Waals surface area contributed by atoms with Gasteiger partial charge in [-0.15, -0.1) is 0 Å². The van der Waals surface area contributed by atoms with Crippen molar-refractivity contribution in [2.24, 2.45) is 0 Å². The second kappa shape index (κ2) is 7.10.